The monoisotopic (exact) mass is 236 g/mol. The van der Waals surface area contributed by atoms with Crippen LogP contribution in [0.5, 0.6) is 0 Å². The zero-order chi connectivity index (χ0) is 11.1. The SMILES string of the molecule is CN1CC2CNCCC2c2cccc(Cl)c21. The Balaban J connectivity index is 2.08. The fourth-order valence-corrected chi connectivity index (χ4v) is 3.53. The zero-order valence-corrected chi connectivity index (χ0v) is 10.3. The third-order valence-corrected chi connectivity index (χ3v) is 4.22. The number of piperidine rings is 1. The molecule has 0 spiro atoms. The summed E-state index contributed by atoms with van der Waals surface area (Å²) in [6, 6.07) is 6.33. The first-order valence-corrected chi connectivity index (χ1v) is 6.35. The molecule has 2 atom stereocenters. The first kappa shape index (κ1) is 10.4. The molecule has 2 aliphatic rings. The Kier molecular flexibility index (Phi) is 2.56. The highest BCUT2D eigenvalue weighted by Crippen LogP contribution is 2.44. The van der Waals surface area contributed by atoms with Crippen molar-refractivity contribution in [1.29, 1.82) is 0 Å². The number of halogens is 1. The average Bonchev–Trinajstić information content (AvgIpc) is 2.29. The lowest BCUT2D eigenvalue weighted by Gasteiger charge is -2.42. The summed E-state index contributed by atoms with van der Waals surface area (Å²) in [4.78, 5) is 2.31. The van der Waals surface area contributed by atoms with Crippen LogP contribution in [-0.4, -0.2) is 26.7 Å². The standard InChI is InChI=1S/C13H17ClN2/c1-16-8-9-7-15-6-5-10(9)11-3-2-4-12(14)13(11)16/h2-4,9-10,15H,5-8H2,1H3. The number of fused-ring (bicyclic) bond motifs is 3. The summed E-state index contributed by atoms with van der Waals surface area (Å²) in [5.74, 6) is 1.44. The molecule has 16 heavy (non-hydrogen) atoms. The molecule has 3 rings (SSSR count). The minimum atomic E-state index is 0.700. The Bertz CT molecular complexity index is 405. The summed E-state index contributed by atoms with van der Waals surface area (Å²) in [5, 5.41) is 4.39. The highest BCUT2D eigenvalue weighted by molar-refractivity contribution is 6.33. The molecule has 2 heterocycles. The van der Waals surface area contributed by atoms with Crippen molar-refractivity contribution in [3.8, 4) is 0 Å². The van der Waals surface area contributed by atoms with Gasteiger partial charge in [0.2, 0.25) is 0 Å². The summed E-state index contributed by atoms with van der Waals surface area (Å²) < 4.78 is 0. The van der Waals surface area contributed by atoms with E-state index in [2.05, 4.69) is 29.4 Å². The van der Waals surface area contributed by atoms with Crippen LogP contribution in [-0.2, 0) is 0 Å². The Morgan fingerprint density at radius 2 is 2.31 bits per heavy atom. The van der Waals surface area contributed by atoms with Gasteiger partial charge in [-0.25, -0.2) is 0 Å². The molecule has 0 radical (unpaired) electrons. The third-order valence-electron chi connectivity index (χ3n) is 3.92. The zero-order valence-electron chi connectivity index (χ0n) is 9.54. The van der Waals surface area contributed by atoms with Gasteiger partial charge in [-0.2, -0.15) is 0 Å². The molecule has 0 amide bonds. The van der Waals surface area contributed by atoms with Crippen LogP contribution in [0.25, 0.3) is 0 Å². The van der Waals surface area contributed by atoms with Crippen LogP contribution < -0.4 is 10.2 Å². The Morgan fingerprint density at radius 1 is 1.44 bits per heavy atom. The van der Waals surface area contributed by atoms with Crippen LogP contribution in [0.1, 0.15) is 17.9 Å². The highest BCUT2D eigenvalue weighted by Gasteiger charge is 2.34. The maximum Gasteiger partial charge on any atom is 0.0642 e. The molecule has 1 saturated heterocycles. The predicted molar refractivity (Wildman–Crippen MR) is 68.4 cm³/mol. The molecular weight excluding hydrogens is 220 g/mol. The summed E-state index contributed by atoms with van der Waals surface area (Å²) in [7, 11) is 2.15. The van der Waals surface area contributed by atoms with E-state index in [9.17, 15) is 0 Å². The van der Waals surface area contributed by atoms with Gasteiger partial charge in [-0.3, -0.25) is 0 Å². The number of nitrogens with zero attached hydrogens (tertiary/aromatic N) is 1. The summed E-state index contributed by atoms with van der Waals surface area (Å²) >= 11 is 6.31. The summed E-state index contributed by atoms with van der Waals surface area (Å²) in [6.45, 7) is 3.40. The fourth-order valence-electron chi connectivity index (χ4n) is 3.20. The molecule has 1 N–H and O–H groups in total. The van der Waals surface area contributed by atoms with Crippen LogP contribution in [0.3, 0.4) is 0 Å². The van der Waals surface area contributed by atoms with Gasteiger partial charge in [0.15, 0.2) is 0 Å². The van der Waals surface area contributed by atoms with Crippen LogP contribution in [0.2, 0.25) is 5.02 Å². The lowest BCUT2D eigenvalue weighted by molar-refractivity contribution is 0.318. The molecule has 1 aromatic carbocycles. The van der Waals surface area contributed by atoms with Crippen molar-refractivity contribution in [2.45, 2.75) is 12.3 Å². The van der Waals surface area contributed by atoms with Crippen LogP contribution in [0.15, 0.2) is 18.2 Å². The number of hydrogen-bond donors (Lipinski definition) is 1. The predicted octanol–water partition coefficient (Wildman–Crippen LogP) is 2.48. The van der Waals surface area contributed by atoms with Gasteiger partial charge in [0.1, 0.15) is 0 Å². The van der Waals surface area contributed by atoms with Crippen molar-refractivity contribution >= 4 is 17.3 Å². The molecule has 2 aliphatic heterocycles. The van der Waals surface area contributed by atoms with E-state index in [0.29, 0.717) is 5.92 Å². The molecule has 0 aromatic heterocycles. The van der Waals surface area contributed by atoms with E-state index < -0.39 is 0 Å². The minimum Gasteiger partial charge on any atom is -0.373 e. The van der Waals surface area contributed by atoms with E-state index in [-0.39, 0.29) is 0 Å². The van der Waals surface area contributed by atoms with Gasteiger partial charge < -0.3 is 10.2 Å². The first-order valence-electron chi connectivity index (χ1n) is 5.97. The summed E-state index contributed by atoms with van der Waals surface area (Å²) in [6.07, 6.45) is 1.24. The molecule has 0 aliphatic carbocycles. The van der Waals surface area contributed by atoms with Gasteiger partial charge in [0.25, 0.3) is 0 Å². The van der Waals surface area contributed by atoms with Crippen molar-refractivity contribution in [3.63, 3.8) is 0 Å². The second-order valence-electron chi connectivity index (χ2n) is 4.92. The number of nitrogens with one attached hydrogen (secondary N) is 1. The molecule has 2 nitrogen and oxygen atoms in total. The van der Waals surface area contributed by atoms with Gasteiger partial charge >= 0.3 is 0 Å². The number of rotatable bonds is 0. The van der Waals surface area contributed by atoms with E-state index in [1.165, 1.54) is 17.7 Å². The second kappa shape index (κ2) is 3.94. The summed E-state index contributed by atoms with van der Waals surface area (Å²) in [5.41, 5.74) is 2.71. The number of para-hydroxylation sites is 1. The fraction of sp³-hybridized carbons (Fsp3) is 0.538. The highest BCUT2D eigenvalue weighted by atomic mass is 35.5. The molecule has 86 valence electrons. The van der Waals surface area contributed by atoms with E-state index >= 15 is 0 Å². The third kappa shape index (κ3) is 1.52. The maximum atomic E-state index is 6.31. The van der Waals surface area contributed by atoms with Crippen molar-refractivity contribution in [1.82, 2.24) is 5.32 Å². The molecular formula is C13H17ClN2. The molecule has 2 unspecified atom stereocenters. The first-order chi connectivity index (χ1) is 7.77. The quantitative estimate of drug-likeness (QED) is 0.745. The Morgan fingerprint density at radius 3 is 3.19 bits per heavy atom. The van der Waals surface area contributed by atoms with E-state index in [0.717, 1.165) is 30.6 Å². The van der Waals surface area contributed by atoms with Gasteiger partial charge in [-0.05, 0) is 36.4 Å². The Labute approximate surface area is 102 Å². The molecule has 0 bridgehead atoms. The van der Waals surface area contributed by atoms with Gasteiger partial charge in [-0.15, -0.1) is 0 Å². The van der Waals surface area contributed by atoms with Crippen molar-refractivity contribution in [3.05, 3.63) is 28.8 Å². The number of benzene rings is 1. The van der Waals surface area contributed by atoms with Gasteiger partial charge in [0, 0.05) is 20.1 Å². The largest absolute Gasteiger partial charge is 0.373 e. The normalized spacial score (nSPS) is 28.5. The van der Waals surface area contributed by atoms with E-state index in [1.54, 1.807) is 0 Å². The molecule has 0 saturated carbocycles. The van der Waals surface area contributed by atoms with Gasteiger partial charge in [0.05, 0.1) is 10.7 Å². The maximum absolute atomic E-state index is 6.31. The molecule has 3 heteroatoms. The van der Waals surface area contributed by atoms with E-state index in [1.807, 2.05) is 6.07 Å². The van der Waals surface area contributed by atoms with Crippen LogP contribution in [0, 0.1) is 5.92 Å². The van der Waals surface area contributed by atoms with Crippen molar-refractivity contribution in [2.24, 2.45) is 5.92 Å². The van der Waals surface area contributed by atoms with Crippen molar-refractivity contribution < 1.29 is 0 Å². The lowest BCUT2D eigenvalue weighted by Crippen LogP contribution is -2.45. The number of hydrogen-bond acceptors (Lipinski definition) is 2. The topological polar surface area (TPSA) is 15.3 Å². The number of anilines is 1. The molecule has 1 fully saturated rings. The van der Waals surface area contributed by atoms with E-state index in [4.69, 9.17) is 11.6 Å². The van der Waals surface area contributed by atoms with Crippen LogP contribution >= 0.6 is 11.6 Å². The second-order valence-corrected chi connectivity index (χ2v) is 5.32. The minimum absolute atomic E-state index is 0.700. The molecule has 1 aromatic rings. The lowest BCUT2D eigenvalue weighted by atomic mass is 9.77. The van der Waals surface area contributed by atoms with Crippen LogP contribution in [0.4, 0.5) is 5.69 Å². The van der Waals surface area contributed by atoms with Gasteiger partial charge in [-0.1, -0.05) is 23.7 Å². The smallest absolute Gasteiger partial charge is 0.0642 e. The Hall–Kier alpha value is -0.730. The van der Waals surface area contributed by atoms with Crippen molar-refractivity contribution in [2.75, 3.05) is 31.6 Å². The average molecular weight is 237 g/mol.